The molecule has 0 saturated carbocycles. The quantitative estimate of drug-likeness (QED) is 0.597. The van der Waals surface area contributed by atoms with Gasteiger partial charge in [-0.25, -0.2) is 8.42 Å². The highest BCUT2D eigenvalue weighted by atomic mass is 32.2. The molecule has 1 fully saturated rings. The molecule has 17 heavy (non-hydrogen) atoms. The first-order valence-corrected chi connectivity index (χ1v) is 6.51. The molecule has 4 N–H and O–H groups in total. The van der Waals surface area contributed by atoms with Crippen molar-refractivity contribution in [1.82, 2.24) is 19.8 Å². The normalized spacial score (nSPS) is 18.7. The van der Waals surface area contributed by atoms with Crippen LogP contribution in [0.25, 0.3) is 0 Å². The first-order valence-electron chi connectivity index (χ1n) is 5.07. The number of hydrogen-bond acceptors (Lipinski definition) is 5. The fourth-order valence-electron chi connectivity index (χ4n) is 1.61. The summed E-state index contributed by atoms with van der Waals surface area (Å²) in [5.41, 5.74) is 5.48. The predicted octanol–water partition coefficient (Wildman–Crippen LogP) is -1.50. The summed E-state index contributed by atoms with van der Waals surface area (Å²) in [4.78, 5) is 11.2. The molecule has 9 heteroatoms. The van der Waals surface area contributed by atoms with Crippen molar-refractivity contribution < 1.29 is 13.2 Å². The first-order chi connectivity index (χ1) is 8.01. The Hall–Kier alpha value is -1.61. The van der Waals surface area contributed by atoms with Crippen LogP contribution in [0.3, 0.4) is 0 Å². The van der Waals surface area contributed by atoms with E-state index < -0.39 is 10.0 Å². The third-order valence-corrected chi connectivity index (χ3v) is 4.35. The zero-order valence-corrected chi connectivity index (χ0v) is 9.83. The van der Waals surface area contributed by atoms with Gasteiger partial charge in [-0.15, -0.1) is 0 Å². The molecule has 1 aromatic heterocycles. The average Bonchev–Trinajstić information content (AvgIpc) is 2.57. The predicted molar refractivity (Wildman–Crippen MR) is 59.4 cm³/mol. The largest absolute Gasteiger partial charge is 0.383 e. The van der Waals surface area contributed by atoms with E-state index in [0.29, 0.717) is 13.0 Å². The SMILES string of the molecule is Nc1[nH]ncc1S(=O)(=O)N1CCCNC(=O)C1. The molecule has 0 atom stereocenters. The number of hydrogen-bond donors (Lipinski definition) is 3. The molecule has 94 valence electrons. The number of nitrogens with one attached hydrogen (secondary N) is 2. The molecule has 0 aliphatic carbocycles. The molecule has 1 amide bonds. The van der Waals surface area contributed by atoms with E-state index in [1.54, 1.807) is 0 Å². The van der Waals surface area contributed by atoms with E-state index in [1.807, 2.05) is 0 Å². The molecule has 0 radical (unpaired) electrons. The fraction of sp³-hybridized carbons (Fsp3) is 0.500. The number of sulfonamides is 1. The number of nitrogens with two attached hydrogens (primary N) is 1. The monoisotopic (exact) mass is 259 g/mol. The lowest BCUT2D eigenvalue weighted by Gasteiger charge is -2.17. The van der Waals surface area contributed by atoms with Gasteiger partial charge in [0.25, 0.3) is 0 Å². The number of amides is 1. The fourth-order valence-corrected chi connectivity index (χ4v) is 3.06. The zero-order valence-electron chi connectivity index (χ0n) is 9.01. The van der Waals surface area contributed by atoms with Crippen LogP contribution in [0.4, 0.5) is 5.82 Å². The molecule has 1 aromatic rings. The van der Waals surface area contributed by atoms with Crippen LogP contribution in [-0.2, 0) is 14.8 Å². The Kier molecular flexibility index (Phi) is 3.03. The second-order valence-corrected chi connectivity index (χ2v) is 5.60. The molecule has 0 spiro atoms. The van der Waals surface area contributed by atoms with Gasteiger partial charge in [0, 0.05) is 13.1 Å². The van der Waals surface area contributed by atoms with Crippen molar-refractivity contribution in [2.45, 2.75) is 11.3 Å². The van der Waals surface area contributed by atoms with Crippen LogP contribution in [-0.4, -0.2) is 48.5 Å². The maximum Gasteiger partial charge on any atom is 0.248 e. The number of H-pyrrole nitrogens is 1. The van der Waals surface area contributed by atoms with Gasteiger partial charge in [-0.1, -0.05) is 0 Å². The van der Waals surface area contributed by atoms with Crippen LogP contribution in [0.2, 0.25) is 0 Å². The Morgan fingerprint density at radius 2 is 2.24 bits per heavy atom. The van der Waals surface area contributed by atoms with Crippen LogP contribution in [0.15, 0.2) is 11.1 Å². The van der Waals surface area contributed by atoms with Crippen molar-refractivity contribution >= 4 is 21.7 Å². The lowest BCUT2D eigenvalue weighted by atomic mass is 10.4. The lowest BCUT2D eigenvalue weighted by Crippen LogP contribution is -2.37. The summed E-state index contributed by atoms with van der Waals surface area (Å²) in [6.45, 7) is 0.574. The summed E-state index contributed by atoms with van der Waals surface area (Å²) < 4.78 is 25.5. The number of nitrogen functional groups attached to an aromatic ring is 1. The molecule has 0 unspecified atom stereocenters. The average molecular weight is 259 g/mol. The molecule has 1 saturated heterocycles. The Labute approximate surface area is 98.2 Å². The van der Waals surface area contributed by atoms with Gasteiger partial charge >= 0.3 is 0 Å². The minimum absolute atomic E-state index is 0.0188. The van der Waals surface area contributed by atoms with Crippen LogP contribution < -0.4 is 11.1 Å². The highest BCUT2D eigenvalue weighted by molar-refractivity contribution is 7.89. The molecular weight excluding hydrogens is 246 g/mol. The Bertz CT molecular complexity index is 523. The number of nitrogens with zero attached hydrogens (tertiary/aromatic N) is 2. The minimum atomic E-state index is -3.75. The number of rotatable bonds is 2. The van der Waals surface area contributed by atoms with E-state index in [-0.39, 0.29) is 29.7 Å². The van der Waals surface area contributed by atoms with Crippen molar-refractivity contribution in [1.29, 1.82) is 0 Å². The van der Waals surface area contributed by atoms with Crippen LogP contribution in [0, 0.1) is 0 Å². The molecular formula is C8H13N5O3S. The van der Waals surface area contributed by atoms with Crippen molar-refractivity contribution in [2.75, 3.05) is 25.4 Å². The summed E-state index contributed by atoms with van der Waals surface area (Å²) in [5, 5.41) is 8.54. The third kappa shape index (κ3) is 2.24. The molecule has 1 aliphatic heterocycles. The summed E-state index contributed by atoms with van der Waals surface area (Å²) in [6, 6.07) is 0. The number of aromatic nitrogens is 2. The Morgan fingerprint density at radius 3 is 2.88 bits per heavy atom. The lowest BCUT2D eigenvalue weighted by molar-refractivity contribution is -0.120. The zero-order chi connectivity index (χ0) is 12.5. The third-order valence-electron chi connectivity index (χ3n) is 2.48. The summed E-state index contributed by atoms with van der Waals surface area (Å²) >= 11 is 0. The minimum Gasteiger partial charge on any atom is -0.383 e. The van der Waals surface area contributed by atoms with E-state index >= 15 is 0 Å². The molecule has 0 aromatic carbocycles. The second kappa shape index (κ2) is 4.34. The maximum absolute atomic E-state index is 12.2. The van der Waals surface area contributed by atoms with E-state index in [9.17, 15) is 13.2 Å². The van der Waals surface area contributed by atoms with Gasteiger partial charge in [0.2, 0.25) is 15.9 Å². The van der Waals surface area contributed by atoms with Crippen LogP contribution >= 0.6 is 0 Å². The van der Waals surface area contributed by atoms with Gasteiger partial charge in [0.1, 0.15) is 10.7 Å². The summed E-state index contributed by atoms with van der Waals surface area (Å²) in [5.74, 6) is -0.331. The Balaban J connectivity index is 2.32. The topological polar surface area (TPSA) is 121 Å². The van der Waals surface area contributed by atoms with Crippen molar-refractivity contribution in [3.8, 4) is 0 Å². The number of anilines is 1. The highest BCUT2D eigenvalue weighted by Gasteiger charge is 2.30. The van der Waals surface area contributed by atoms with Gasteiger partial charge in [0.05, 0.1) is 12.7 Å². The molecule has 8 nitrogen and oxygen atoms in total. The number of carbonyl (C=O) groups excluding carboxylic acids is 1. The number of carbonyl (C=O) groups is 1. The van der Waals surface area contributed by atoms with Gasteiger partial charge in [-0.2, -0.15) is 9.40 Å². The maximum atomic E-state index is 12.2. The Morgan fingerprint density at radius 1 is 1.47 bits per heavy atom. The van der Waals surface area contributed by atoms with Gasteiger partial charge in [-0.05, 0) is 6.42 Å². The smallest absolute Gasteiger partial charge is 0.248 e. The van der Waals surface area contributed by atoms with E-state index in [1.165, 1.54) is 0 Å². The van der Waals surface area contributed by atoms with Crippen molar-refractivity contribution in [3.05, 3.63) is 6.20 Å². The van der Waals surface area contributed by atoms with Gasteiger partial charge in [0.15, 0.2) is 0 Å². The van der Waals surface area contributed by atoms with E-state index in [0.717, 1.165) is 10.5 Å². The highest BCUT2D eigenvalue weighted by Crippen LogP contribution is 2.20. The molecule has 2 rings (SSSR count). The van der Waals surface area contributed by atoms with Gasteiger partial charge < -0.3 is 11.1 Å². The van der Waals surface area contributed by atoms with Crippen molar-refractivity contribution in [2.24, 2.45) is 0 Å². The standard InChI is InChI=1S/C8H13N5O3S/c9-8-6(4-11-12-8)17(15,16)13-3-1-2-10-7(14)5-13/h4H,1-3,5H2,(H,10,14)(H3,9,11,12). The summed E-state index contributed by atoms with van der Waals surface area (Å²) in [7, 11) is -3.75. The summed E-state index contributed by atoms with van der Waals surface area (Å²) in [6.07, 6.45) is 1.72. The molecule has 0 bridgehead atoms. The van der Waals surface area contributed by atoms with Crippen molar-refractivity contribution in [3.63, 3.8) is 0 Å². The van der Waals surface area contributed by atoms with Gasteiger partial charge in [-0.3, -0.25) is 9.89 Å². The van der Waals surface area contributed by atoms with E-state index in [4.69, 9.17) is 5.73 Å². The molecule has 1 aliphatic rings. The molecule has 2 heterocycles. The van der Waals surface area contributed by atoms with Crippen LogP contribution in [0.1, 0.15) is 6.42 Å². The van der Waals surface area contributed by atoms with Crippen LogP contribution in [0.5, 0.6) is 0 Å². The number of aromatic amines is 1. The van der Waals surface area contributed by atoms with E-state index in [2.05, 4.69) is 15.5 Å². The first kappa shape index (κ1) is 11.9. The second-order valence-electron chi connectivity index (χ2n) is 3.69.